The smallest absolute Gasteiger partial charge is 0.182 e. The van der Waals surface area contributed by atoms with Crippen molar-refractivity contribution >= 4 is 17.0 Å². The van der Waals surface area contributed by atoms with Crippen LogP contribution in [0.5, 0.6) is 0 Å². The van der Waals surface area contributed by atoms with Crippen molar-refractivity contribution in [3.63, 3.8) is 0 Å². The van der Waals surface area contributed by atoms with E-state index in [0.717, 1.165) is 29.9 Å². The predicted octanol–water partition coefficient (Wildman–Crippen LogP) is -2.04. The van der Waals surface area contributed by atoms with E-state index in [1.165, 1.54) is 39.3 Å². The van der Waals surface area contributed by atoms with Gasteiger partial charge in [-0.15, -0.1) is 0 Å². The van der Waals surface area contributed by atoms with Gasteiger partial charge in [0.05, 0.1) is 19.4 Å². The summed E-state index contributed by atoms with van der Waals surface area (Å²) in [5.41, 5.74) is 1.61. The van der Waals surface area contributed by atoms with Crippen LogP contribution in [0.3, 0.4) is 0 Å². The Morgan fingerprint density at radius 1 is 1.14 bits per heavy atom. The first kappa shape index (κ1) is 14.2. The Hall–Kier alpha value is -1.73. The molecule has 4 N–H and O–H groups in total. The minimum atomic E-state index is 0.719. The zero-order valence-corrected chi connectivity index (χ0v) is 12.7. The summed E-state index contributed by atoms with van der Waals surface area (Å²) in [6.45, 7) is 11.0. The van der Waals surface area contributed by atoms with E-state index >= 15 is 0 Å². The molecule has 0 radical (unpaired) electrons. The number of anilines is 1. The van der Waals surface area contributed by atoms with E-state index in [0.29, 0.717) is 0 Å². The second-order valence-electron chi connectivity index (χ2n) is 5.71. The minimum absolute atomic E-state index is 0.719. The molecule has 7 nitrogen and oxygen atoms in total. The molecule has 3 rings (SSSR count). The van der Waals surface area contributed by atoms with Crippen LogP contribution in [0, 0.1) is 0 Å². The molecule has 1 aliphatic heterocycles. The minimum Gasteiger partial charge on any atom is -0.368 e. The first-order valence-corrected chi connectivity index (χ1v) is 7.92. The van der Waals surface area contributed by atoms with Crippen LogP contribution in [0.25, 0.3) is 11.2 Å². The Bertz CT molecular complexity index is 559. The molecule has 2 aromatic heterocycles. The number of nitrogens with one attached hydrogen (secondary N) is 4. The maximum absolute atomic E-state index is 4.28. The molecule has 0 aliphatic carbocycles. The van der Waals surface area contributed by atoms with E-state index in [2.05, 4.69) is 32.2 Å². The zero-order chi connectivity index (χ0) is 14.5. The summed E-state index contributed by atoms with van der Waals surface area (Å²) in [5, 5.41) is 3.39. The van der Waals surface area contributed by atoms with Crippen molar-refractivity contribution < 1.29 is 9.80 Å². The number of quaternary nitrogens is 2. The lowest BCUT2D eigenvalue weighted by Crippen LogP contribution is -3.28. The first-order chi connectivity index (χ1) is 10.4. The molecule has 0 saturated carbocycles. The summed E-state index contributed by atoms with van der Waals surface area (Å²) < 4.78 is 0. The van der Waals surface area contributed by atoms with Crippen molar-refractivity contribution in [1.82, 2.24) is 19.9 Å². The molecule has 0 atom stereocenters. The van der Waals surface area contributed by atoms with Crippen LogP contribution in [-0.2, 0) is 0 Å². The average Bonchev–Trinajstić information content (AvgIpc) is 3.01. The highest BCUT2D eigenvalue weighted by molar-refractivity contribution is 5.81. The number of likely N-dealkylation sites (N-methyl/N-ethyl adjacent to an activating group) is 1. The number of nitrogens with zero attached hydrogens (tertiary/aromatic N) is 3. The topological polar surface area (TPSA) is 75.4 Å². The molecule has 1 fully saturated rings. The second kappa shape index (κ2) is 6.82. The molecule has 1 aliphatic rings. The van der Waals surface area contributed by atoms with Gasteiger partial charge in [0.1, 0.15) is 38.0 Å². The molecular formula is C14H25N7+2. The quantitative estimate of drug-likeness (QED) is 0.463. The van der Waals surface area contributed by atoms with Crippen LogP contribution in [0.1, 0.15) is 13.3 Å². The fourth-order valence-corrected chi connectivity index (χ4v) is 3.00. The Morgan fingerprint density at radius 2 is 1.95 bits per heavy atom. The van der Waals surface area contributed by atoms with Crippen LogP contribution in [-0.4, -0.2) is 65.7 Å². The van der Waals surface area contributed by atoms with E-state index < -0.39 is 0 Å². The lowest BCUT2D eigenvalue weighted by molar-refractivity contribution is -1.01. The van der Waals surface area contributed by atoms with Crippen molar-refractivity contribution in [3.05, 3.63) is 12.7 Å². The van der Waals surface area contributed by atoms with Gasteiger partial charge in [0.2, 0.25) is 0 Å². The molecular weight excluding hydrogens is 266 g/mol. The number of H-pyrrole nitrogens is 1. The Labute approximate surface area is 124 Å². The SMILES string of the molecule is CC[NH+]1CC[NH+](CCCNc2ncnc3nc[nH]c23)CC1. The molecule has 0 aromatic carbocycles. The van der Waals surface area contributed by atoms with Crippen molar-refractivity contribution in [1.29, 1.82) is 0 Å². The van der Waals surface area contributed by atoms with Gasteiger partial charge in [-0.3, -0.25) is 0 Å². The first-order valence-electron chi connectivity index (χ1n) is 7.92. The fraction of sp³-hybridized carbons (Fsp3) is 0.643. The van der Waals surface area contributed by atoms with Gasteiger partial charge in [-0.25, -0.2) is 15.0 Å². The maximum Gasteiger partial charge on any atom is 0.182 e. The fourth-order valence-electron chi connectivity index (χ4n) is 3.00. The summed E-state index contributed by atoms with van der Waals surface area (Å²) in [6, 6.07) is 0. The van der Waals surface area contributed by atoms with Gasteiger partial charge in [0.25, 0.3) is 0 Å². The number of hydrogen-bond donors (Lipinski definition) is 4. The van der Waals surface area contributed by atoms with E-state index in [1.807, 2.05) is 0 Å². The predicted molar refractivity (Wildman–Crippen MR) is 81.6 cm³/mol. The van der Waals surface area contributed by atoms with Crippen LogP contribution in [0.2, 0.25) is 0 Å². The molecule has 0 bridgehead atoms. The number of aromatic nitrogens is 4. The van der Waals surface area contributed by atoms with Crippen LogP contribution in [0.15, 0.2) is 12.7 Å². The van der Waals surface area contributed by atoms with Crippen molar-refractivity contribution in [3.8, 4) is 0 Å². The third-order valence-corrected chi connectivity index (χ3v) is 4.39. The van der Waals surface area contributed by atoms with Gasteiger partial charge >= 0.3 is 0 Å². The number of aromatic amines is 1. The van der Waals surface area contributed by atoms with Crippen LogP contribution < -0.4 is 15.1 Å². The Morgan fingerprint density at radius 3 is 2.76 bits per heavy atom. The number of imidazole rings is 1. The molecule has 3 heterocycles. The largest absolute Gasteiger partial charge is 0.368 e. The summed E-state index contributed by atoms with van der Waals surface area (Å²) in [6.07, 6.45) is 4.38. The molecule has 0 spiro atoms. The molecule has 1 saturated heterocycles. The highest BCUT2D eigenvalue weighted by atomic mass is 15.3. The van der Waals surface area contributed by atoms with Crippen molar-refractivity contribution in [2.45, 2.75) is 13.3 Å². The zero-order valence-electron chi connectivity index (χ0n) is 12.7. The lowest BCUT2D eigenvalue weighted by Gasteiger charge is -2.28. The highest BCUT2D eigenvalue weighted by Crippen LogP contribution is 2.13. The lowest BCUT2D eigenvalue weighted by atomic mass is 10.3. The van der Waals surface area contributed by atoms with Gasteiger partial charge in [-0.2, -0.15) is 0 Å². The second-order valence-corrected chi connectivity index (χ2v) is 5.71. The molecule has 7 heteroatoms. The number of fused-ring (bicyclic) bond motifs is 1. The summed E-state index contributed by atoms with van der Waals surface area (Å²) >= 11 is 0. The summed E-state index contributed by atoms with van der Waals surface area (Å²) in [4.78, 5) is 19.1. The van der Waals surface area contributed by atoms with E-state index in [4.69, 9.17) is 0 Å². The Balaban J connectivity index is 1.42. The normalized spacial score (nSPS) is 22.5. The van der Waals surface area contributed by atoms with E-state index in [9.17, 15) is 0 Å². The van der Waals surface area contributed by atoms with Gasteiger partial charge < -0.3 is 20.1 Å². The molecule has 0 unspecified atom stereocenters. The standard InChI is InChI=1S/C14H23N7/c1-2-20-6-8-21(9-7-20)5-3-4-15-13-12-14(17-10-16-12)19-11-18-13/h10-11H,2-9H2,1H3,(H2,15,16,17,18,19)/p+2. The summed E-state index contributed by atoms with van der Waals surface area (Å²) in [7, 11) is 0. The van der Waals surface area contributed by atoms with Gasteiger partial charge in [0, 0.05) is 13.0 Å². The summed E-state index contributed by atoms with van der Waals surface area (Å²) in [5.74, 6) is 0.854. The average molecular weight is 291 g/mol. The van der Waals surface area contributed by atoms with E-state index in [1.54, 1.807) is 22.5 Å². The number of hydrogen-bond acceptors (Lipinski definition) is 4. The maximum atomic E-state index is 4.28. The number of rotatable bonds is 6. The van der Waals surface area contributed by atoms with E-state index in [-0.39, 0.29) is 0 Å². The van der Waals surface area contributed by atoms with Crippen molar-refractivity contribution in [2.24, 2.45) is 0 Å². The van der Waals surface area contributed by atoms with Gasteiger partial charge in [-0.1, -0.05) is 0 Å². The van der Waals surface area contributed by atoms with Crippen LogP contribution in [0.4, 0.5) is 5.82 Å². The van der Waals surface area contributed by atoms with Gasteiger partial charge in [0.15, 0.2) is 11.5 Å². The van der Waals surface area contributed by atoms with Gasteiger partial charge in [-0.05, 0) is 6.92 Å². The van der Waals surface area contributed by atoms with Crippen LogP contribution >= 0.6 is 0 Å². The monoisotopic (exact) mass is 291 g/mol. The molecule has 114 valence electrons. The molecule has 21 heavy (non-hydrogen) atoms. The third-order valence-electron chi connectivity index (χ3n) is 4.39. The Kier molecular flexibility index (Phi) is 4.62. The van der Waals surface area contributed by atoms with Crippen molar-refractivity contribution in [2.75, 3.05) is 51.1 Å². The molecule has 0 amide bonds. The third kappa shape index (κ3) is 3.48. The number of piperazine rings is 1. The molecule has 2 aromatic rings. The highest BCUT2D eigenvalue weighted by Gasteiger charge is 2.20.